The Morgan fingerprint density at radius 2 is 1.85 bits per heavy atom. The van der Waals surface area contributed by atoms with Gasteiger partial charge in [0, 0.05) is 30.7 Å². The average molecular weight is 364 g/mol. The van der Waals surface area contributed by atoms with Crippen LogP contribution in [0.4, 0.5) is 11.4 Å². The normalized spacial score (nSPS) is 11.0. The fourth-order valence-electron chi connectivity index (χ4n) is 3.44. The Kier molecular flexibility index (Phi) is 5.49. The molecule has 2 heterocycles. The van der Waals surface area contributed by atoms with E-state index in [1.165, 1.54) is 5.69 Å². The Hall–Kier alpha value is -2.82. The molecule has 0 aliphatic rings. The molecule has 5 nitrogen and oxygen atoms in total. The lowest BCUT2D eigenvalue weighted by atomic mass is 10.1. The Morgan fingerprint density at radius 3 is 2.48 bits per heavy atom. The molecule has 0 unspecified atom stereocenters. The Labute approximate surface area is 161 Å². The van der Waals surface area contributed by atoms with E-state index in [0.29, 0.717) is 12.1 Å². The number of fused-ring (bicyclic) bond motifs is 1. The van der Waals surface area contributed by atoms with Crippen LogP contribution in [0.1, 0.15) is 48.1 Å². The maximum Gasteiger partial charge on any atom is 0.274 e. The molecule has 1 amide bonds. The summed E-state index contributed by atoms with van der Waals surface area (Å²) in [6.45, 7) is 12.3. The van der Waals surface area contributed by atoms with Crippen molar-refractivity contribution in [1.29, 1.82) is 0 Å². The molecule has 5 heteroatoms. The van der Waals surface area contributed by atoms with Crippen LogP contribution in [0.5, 0.6) is 0 Å². The quantitative estimate of drug-likeness (QED) is 0.695. The largest absolute Gasteiger partial charge is 0.372 e. The zero-order valence-corrected chi connectivity index (χ0v) is 16.8. The van der Waals surface area contributed by atoms with Crippen LogP contribution >= 0.6 is 0 Å². The fraction of sp³-hybridized carbons (Fsp3) is 0.364. The molecule has 1 aromatic carbocycles. The highest BCUT2D eigenvalue weighted by molar-refractivity contribution is 6.05. The molecule has 0 radical (unpaired) electrons. The number of carbonyl (C=O) groups is 1. The number of nitrogens with one attached hydrogen (secondary N) is 1. The van der Waals surface area contributed by atoms with E-state index in [4.69, 9.17) is 0 Å². The summed E-state index contributed by atoms with van der Waals surface area (Å²) in [5.41, 5.74) is 6.43. The molecule has 0 saturated carbocycles. The summed E-state index contributed by atoms with van der Waals surface area (Å²) in [5, 5.41) is 3.08. The Balaban J connectivity index is 1.93. The highest BCUT2D eigenvalue weighted by atomic mass is 16.2. The lowest BCUT2D eigenvalue weighted by Crippen LogP contribution is -2.22. The van der Waals surface area contributed by atoms with Gasteiger partial charge < -0.3 is 10.2 Å². The molecule has 0 atom stereocenters. The number of rotatable bonds is 6. The van der Waals surface area contributed by atoms with Gasteiger partial charge in [-0.3, -0.25) is 9.20 Å². The number of hydrogen-bond acceptors (Lipinski definition) is 3. The van der Waals surface area contributed by atoms with E-state index >= 15 is 0 Å². The van der Waals surface area contributed by atoms with E-state index in [-0.39, 0.29) is 5.91 Å². The summed E-state index contributed by atoms with van der Waals surface area (Å²) < 4.78 is 1.88. The van der Waals surface area contributed by atoms with Crippen molar-refractivity contribution in [2.75, 3.05) is 23.3 Å². The second-order valence-corrected chi connectivity index (χ2v) is 6.82. The van der Waals surface area contributed by atoms with Crippen LogP contribution in [0.3, 0.4) is 0 Å². The monoisotopic (exact) mass is 364 g/mol. The number of hydrogen-bond donors (Lipinski definition) is 1. The zero-order chi connectivity index (χ0) is 19.6. The van der Waals surface area contributed by atoms with Crippen LogP contribution in [0.25, 0.3) is 5.65 Å². The fourth-order valence-corrected chi connectivity index (χ4v) is 3.44. The lowest BCUT2D eigenvalue weighted by molar-refractivity contribution is 0.102. The maximum absolute atomic E-state index is 13.1. The molecule has 0 saturated heterocycles. The Morgan fingerprint density at radius 1 is 1.11 bits per heavy atom. The van der Waals surface area contributed by atoms with Gasteiger partial charge in [0.1, 0.15) is 11.3 Å². The average Bonchev–Trinajstić information content (AvgIpc) is 3.02. The van der Waals surface area contributed by atoms with Gasteiger partial charge >= 0.3 is 0 Å². The van der Waals surface area contributed by atoms with Gasteiger partial charge in [0.2, 0.25) is 0 Å². The Bertz CT molecular complexity index is 970. The predicted molar refractivity (Wildman–Crippen MR) is 112 cm³/mol. The van der Waals surface area contributed by atoms with E-state index in [9.17, 15) is 4.79 Å². The van der Waals surface area contributed by atoms with E-state index in [0.717, 1.165) is 41.2 Å². The van der Waals surface area contributed by atoms with E-state index in [2.05, 4.69) is 41.2 Å². The first-order chi connectivity index (χ1) is 13.0. The number of amides is 1. The molecule has 0 fully saturated rings. The van der Waals surface area contributed by atoms with Crippen LogP contribution in [-0.4, -0.2) is 28.4 Å². The van der Waals surface area contributed by atoms with Gasteiger partial charge in [-0.05, 0) is 75.6 Å². The van der Waals surface area contributed by atoms with E-state index < -0.39 is 0 Å². The van der Waals surface area contributed by atoms with Gasteiger partial charge in [0.25, 0.3) is 5.91 Å². The van der Waals surface area contributed by atoms with Crippen LogP contribution < -0.4 is 10.2 Å². The SMILES string of the molecule is CCc1nc2cc(C)ccn2c1C(=O)Nc1ccc(N(CC)CC)cc1C. The van der Waals surface area contributed by atoms with Crippen molar-refractivity contribution in [2.45, 2.75) is 41.0 Å². The number of imidazole rings is 1. The van der Waals surface area contributed by atoms with Crippen molar-refractivity contribution >= 4 is 22.9 Å². The summed E-state index contributed by atoms with van der Waals surface area (Å²) in [6, 6.07) is 10.2. The zero-order valence-electron chi connectivity index (χ0n) is 16.8. The lowest BCUT2D eigenvalue weighted by Gasteiger charge is -2.22. The topological polar surface area (TPSA) is 49.6 Å². The van der Waals surface area contributed by atoms with Crippen molar-refractivity contribution in [3.63, 3.8) is 0 Å². The van der Waals surface area contributed by atoms with Crippen molar-refractivity contribution in [1.82, 2.24) is 9.38 Å². The second-order valence-electron chi connectivity index (χ2n) is 6.82. The standard InChI is InChI=1S/C22H28N4O/c1-6-18-21(26-12-11-15(4)13-20(26)23-18)22(27)24-19-10-9-17(14-16(19)5)25(7-2)8-3/h9-14H,6-8H2,1-5H3,(H,24,27). The van der Waals surface area contributed by atoms with Gasteiger partial charge in [-0.15, -0.1) is 0 Å². The number of pyridine rings is 1. The van der Waals surface area contributed by atoms with Gasteiger partial charge in [-0.25, -0.2) is 4.98 Å². The molecule has 0 bridgehead atoms. The first-order valence-electron chi connectivity index (χ1n) is 9.63. The van der Waals surface area contributed by atoms with Gasteiger partial charge in [0.15, 0.2) is 0 Å². The molecule has 0 aliphatic carbocycles. The highest BCUT2D eigenvalue weighted by Gasteiger charge is 2.19. The number of anilines is 2. The van der Waals surface area contributed by atoms with Crippen LogP contribution in [0, 0.1) is 13.8 Å². The highest BCUT2D eigenvalue weighted by Crippen LogP contribution is 2.24. The van der Waals surface area contributed by atoms with E-state index in [1.54, 1.807) is 0 Å². The summed E-state index contributed by atoms with van der Waals surface area (Å²) >= 11 is 0. The number of aryl methyl sites for hydroxylation is 3. The first-order valence-corrected chi connectivity index (χ1v) is 9.63. The smallest absolute Gasteiger partial charge is 0.274 e. The number of benzene rings is 1. The van der Waals surface area contributed by atoms with Crippen molar-refractivity contribution in [3.05, 3.63) is 59.0 Å². The molecule has 142 valence electrons. The van der Waals surface area contributed by atoms with Gasteiger partial charge in [-0.1, -0.05) is 6.92 Å². The van der Waals surface area contributed by atoms with Crippen molar-refractivity contribution in [2.24, 2.45) is 0 Å². The third-order valence-electron chi connectivity index (χ3n) is 4.99. The molecular weight excluding hydrogens is 336 g/mol. The molecule has 3 rings (SSSR count). The minimum Gasteiger partial charge on any atom is -0.372 e. The van der Waals surface area contributed by atoms with E-state index in [1.807, 2.05) is 49.6 Å². The minimum absolute atomic E-state index is 0.123. The molecular formula is C22H28N4O. The molecule has 0 aliphatic heterocycles. The van der Waals surface area contributed by atoms with Gasteiger partial charge in [-0.2, -0.15) is 0 Å². The molecule has 3 aromatic rings. The van der Waals surface area contributed by atoms with Crippen LogP contribution in [0.15, 0.2) is 36.5 Å². The van der Waals surface area contributed by atoms with Crippen molar-refractivity contribution < 1.29 is 4.79 Å². The predicted octanol–water partition coefficient (Wildman–Crippen LogP) is 4.61. The molecule has 0 spiro atoms. The minimum atomic E-state index is -0.123. The summed E-state index contributed by atoms with van der Waals surface area (Å²) in [6.07, 6.45) is 2.63. The van der Waals surface area contributed by atoms with Crippen molar-refractivity contribution in [3.8, 4) is 0 Å². The summed E-state index contributed by atoms with van der Waals surface area (Å²) in [4.78, 5) is 20.0. The van der Waals surface area contributed by atoms with Crippen LogP contribution in [0.2, 0.25) is 0 Å². The van der Waals surface area contributed by atoms with Crippen LogP contribution in [-0.2, 0) is 6.42 Å². The molecule has 1 N–H and O–H groups in total. The molecule has 27 heavy (non-hydrogen) atoms. The third-order valence-corrected chi connectivity index (χ3v) is 4.99. The number of carbonyl (C=O) groups excluding carboxylic acids is 1. The van der Waals surface area contributed by atoms with Gasteiger partial charge in [0.05, 0.1) is 5.69 Å². The molecule has 2 aromatic heterocycles. The number of aromatic nitrogens is 2. The maximum atomic E-state index is 13.1. The third kappa shape index (κ3) is 3.68. The summed E-state index contributed by atoms with van der Waals surface area (Å²) in [7, 11) is 0. The first kappa shape index (κ1) is 19.0. The summed E-state index contributed by atoms with van der Waals surface area (Å²) in [5.74, 6) is -0.123. The number of nitrogens with zero attached hydrogens (tertiary/aromatic N) is 3. The second kappa shape index (κ2) is 7.82.